The van der Waals surface area contributed by atoms with E-state index in [9.17, 15) is 9.59 Å². The molecular weight excluding hydrogens is 428 g/mol. The van der Waals surface area contributed by atoms with Gasteiger partial charge in [-0.2, -0.15) is 0 Å². The van der Waals surface area contributed by atoms with Crippen LogP contribution < -0.4 is 14.8 Å². The Balaban J connectivity index is 2.14. The summed E-state index contributed by atoms with van der Waals surface area (Å²) in [6.07, 6.45) is 2.79. The van der Waals surface area contributed by atoms with Gasteiger partial charge in [0, 0.05) is 19.5 Å². The van der Waals surface area contributed by atoms with Crippen molar-refractivity contribution in [2.24, 2.45) is 0 Å². The number of carbonyl (C=O) groups excluding carboxylic acids is 2. The minimum absolute atomic E-state index is 0.0504. The Kier molecular flexibility index (Phi) is 11.4. The maximum absolute atomic E-state index is 13.3. The molecule has 0 fully saturated rings. The SMILES string of the molecule is CCCCNC(=O)C(C)N(Cc1ccc(C)cc1)C(=O)CCc1ccc(OCC)c(OCC)c1. The zero-order valence-corrected chi connectivity index (χ0v) is 21.4. The molecule has 0 spiro atoms. The zero-order chi connectivity index (χ0) is 24.9. The van der Waals surface area contributed by atoms with E-state index in [0.717, 1.165) is 29.5 Å². The lowest BCUT2D eigenvalue weighted by Crippen LogP contribution is -2.47. The van der Waals surface area contributed by atoms with Crippen LogP contribution in [0.25, 0.3) is 0 Å². The molecule has 34 heavy (non-hydrogen) atoms. The first-order chi connectivity index (χ1) is 16.4. The number of ether oxygens (including phenoxy) is 2. The number of aryl methyl sites for hydroxylation is 2. The van der Waals surface area contributed by atoms with Crippen LogP contribution in [0.5, 0.6) is 11.5 Å². The van der Waals surface area contributed by atoms with E-state index < -0.39 is 6.04 Å². The molecular formula is C28H40N2O4. The Morgan fingerprint density at radius 2 is 1.59 bits per heavy atom. The summed E-state index contributed by atoms with van der Waals surface area (Å²) in [6.45, 7) is 11.9. The van der Waals surface area contributed by atoms with Gasteiger partial charge >= 0.3 is 0 Å². The first kappa shape index (κ1) is 27.2. The lowest BCUT2D eigenvalue weighted by Gasteiger charge is -2.29. The molecule has 0 aliphatic heterocycles. The van der Waals surface area contributed by atoms with Crippen molar-refractivity contribution < 1.29 is 19.1 Å². The summed E-state index contributed by atoms with van der Waals surface area (Å²) in [5, 5.41) is 2.96. The number of carbonyl (C=O) groups is 2. The van der Waals surface area contributed by atoms with Gasteiger partial charge in [0.1, 0.15) is 6.04 Å². The van der Waals surface area contributed by atoms with Gasteiger partial charge in [0.2, 0.25) is 11.8 Å². The molecule has 1 N–H and O–H groups in total. The Hall–Kier alpha value is -3.02. The third-order valence-corrected chi connectivity index (χ3v) is 5.71. The van der Waals surface area contributed by atoms with Crippen molar-refractivity contribution in [3.63, 3.8) is 0 Å². The zero-order valence-electron chi connectivity index (χ0n) is 21.4. The molecule has 0 heterocycles. The highest BCUT2D eigenvalue weighted by atomic mass is 16.5. The van der Waals surface area contributed by atoms with Crippen molar-refractivity contribution in [3.05, 3.63) is 59.2 Å². The largest absolute Gasteiger partial charge is 0.490 e. The Labute approximate surface area is 204 Å². The standard InChI is InChI=1S/C28H40N2O4/c1-6-9-18-29-28(32)22(5)30(20-24-12-10-21(4)11-13-24)27(31)17-15-23-14-16-25(33-7-2)26(19-23)34-8-3/h10-14,16,19,22H,6-9,15,17-18,20H2,1-5H3,(H,29,32). The topological polar surface area (TPSA) is 67.9 Å². The van der Waals surface area contributed by atoms with E-state index in [1.54, 1.807) is 11.8 Å². The predicted molar refractivity (Wildman–Crippen MR) is 136 cm³/mol. The number of amides is 2. The number of hydrogen-bond donors (Lipinski definition) is 1. The fourth-order valence-electron chi connectivity index (χ4n) is 3.65. The molecule has 0 bridgehead atoms. The number of benzene rings is 2. The molecule has 0 radical (unpaired) electrons. The number of unbranched alkanes of at least 4 members (excludes halogenated alkanes) is 1. The first-order valence-corrected chi connectivity index (χ1v) is 12.4. The molecule has 2 aromatic carbocycles. The number of hydrogen-bond acceptors (Lipinski definition) is 4. The summed E-state index contributed by atoms with van der Waals surface area (Å²) in [5.41, 5.74) is 3.16. The number of nitrogens with one attached hydrogen (secondary N) is 1. The van der Waals surface area contributed by atoms with Crippen LogP contribution in [0.1, 0.15) is 63.6 Å². The van der Waals surface area contributed by atoms with Gasteiger partial charge in [0.15, 0.2) is 11.5 Å². The fraction of sp³-hybridized carbons (Fsp3) is 0.500. The van der Waals surface area contributed by atoms with Gasteiger partial charge in [-0.05, 0) is 63.8 Å². The van der Waals surface area contributed by atoms with Crippen LogP contribution in [-0.4, -0.2) is 42.5 Å². The maximum atomic E-state index is 13.3. The maximum Gasteiger partial charge on any atom is 0.242 e. The Morgan fingerprint density at radius 1 is 0.941 bits per heavy atom. The Morgan fingerprint density at radius 3 is 2.24 bits per heavy atom. The predicted octanol–water partition coefficient (Wildman–Crippen LogP) is 5.06. The lowest BCUT2D eigenvalue weighted by atomic mass is 10.1. The molecule has 6 nitrogen and oxygen atoms in total. The normalized spacial score (nSPS) is 11.6. The average Bonchev–Trinajstić information content (AvgIpc) is 2.83. The van der Waals surface area contributed by atoms with Gasteiger partial charge in [-0.25, -0.2) is 0 Å². The van der Waals surface area contributed by atoms with E-state index in [1.807, 2.05) is 63.2 Å². The van der Waals surface area contributed by atoms with Crippen LogP contribution >= 0.6 is 0 Å². The Bertz CT molecular complexity index is 911. The summed E-state index contributed by atoms with van der Waals surface area (Å²) in [7, 11) is 0. The highest BCUT2D eigenvalue weighted by Gasteiger charge is 2.25. The van der Waals surface area contributed by atoms with Gasteiger partial charge < -0.3 is 19.7 Å². The summed E-state index contributed by atoms with van der Waals surface area (Å²) in [4.78, 5) is 27.8. The minimum Gasteiger partial charge on any atom is -0.490 e. The molecule has 2 amide bonds. The van der Waals surface area contributed by atoms with E-state index in [0.29, 0.717) is 50.6 Å². The molecule has 186 valence electrons. The van der Waals surface area contributed by atoms with Gasteiger partial charge in [-0.15, -0.1) is 0 Å². The van der Waals surface area contributed by atoms with Crippen LogP contribution in [-0.2, 0) is 22.6 Å². The van der Waals surface area contributed by atoms with Gasteiger partial charge in [-0.1, -0.05) is 49.2 Å². The van der Waals surface area contributed by atoms with Crippen LogP contribution in [0.4, 0.5) is 0 Å². The van der Waals surface area contributed by atoms with Gasteiger partial charge in [0.25, 0.3) is 0 Å². The smallest absolute Gasteiger partial charge is 0.242 e. The molecule has 0 aliphatic carbocycles. The van der Waals surface area contributed by atoms with Crippen molar-refractivity contribution >= 4 is 11.8 Å². The minimum atomic E-state index is -0.551. The van der Waals surface area contributed by atoms with Gasteiger partial charge in [-0.3, -0.25) is 9.59 Å². The summed E-state index contributed by atoms with van der Waals surface area (Å²) < 4.78 is 11.4. The van der Waals surface area contributed by atoms with Crippen molar-refractivity contribution in [2.75, 3.05) is 19.8 Å². The highest BCUT2D eigenvalue weighted by Crippen LogP contribution is 2.29. The van der Waals surface area contributed by atoms with E-state index in [4.69, 9.17) is 9.47 Å². The van der Waals surface area contributed by atoms with Crippen LogP contribution in [0, 0.1) is 6.92 Å². The number of rotatable bonds is 14. The molecule has 1 unspecified atom stereocenters. The van der Waals surface area contributed by atoms with Crippen LogP contribution in [0.15, 0.2) is 42.5 Å². The molecule has 2 aromatic rings. The van der Waals surface area contributed by atoms with Crippen LogP contribution in [0.3, 0.4) is 0 Å². The van der Waals surface area contributed by atoms with E-state index in [2.05, 4.69) is 12.2 Å². The van der Waals surface area contributed by atoms with Crippen molar-refractivity contribution in [3.8, 4) is 11.5 Å². The van der Waals surface area contributed by atoms with Crippen LogP contribution in [0.2, 0.25) is 0 Å². The third kappa shape index (κ3) is 8.40. The third-order valence-electron chi connectivity index (χ3n) is 5.71. The fourth-order valence-corrected chi connectivity index (χ4v) is 3.65. The monoisotopic (exact) mass is 468 g/mol. The number of nitrogens with zero attached hydrogens (tertiary/aromatic N) is 1. The van der Waals surface area contributed by atoms with Crippen molar-refractivity contribution in [1.82, 2.24) is 10.2 Å². The second-order valence-electron chi connectivity index (χ2n) is 8.47. The van der Waals surface area contributed by atoms with Gasteiger partial charge in [0.05, 0.1) is 13.2 Å². The van der Waals surface area contributed by atoms with Crippen molar-refractivity contribution in [1.29, 1.82) is 0 Å². The first-order valence-electron chi connectivity index (χ1n) is 12.4. The second-order valence-corrected chi connectivity index (χ2v) is 8.47. The van der Waals surface area contributed by atoms with E-state index in [1.165, 1.54) is 0 Å². The van der Waals surface area contributed by atoms with E-state index in [-0.39, 0.29) is 11.8 Å². The average molecular weight is 469 g/mol. The molecule has 1 atom stereocenters. The highest BCUT2D eigenvalue weighted by molar-refractivity contribution is 5.87. The molecule has 0 saturated heterocycles. The molecule has 0 aliphatic rings. The summed E-state index contributed by atoms with van der Waals surface area (Å²) in [5.74, 6) is 1.23. The molecule has 0 saturated carbocycles. The molecule has 6 heteroatoms. The lowest BCUT2D eigenvalue weighted by molar-refractivity contribution is -0.140. The second kappa shape index (κ2) is 14.3. The van der Waals surface area contributed by atoms with Crippen molar-refractivity contribution in [2.45, 2.75) is 72.9 Å². The molecule has 2 rings (SSSR count). The summed E-state index contributed by atoms with van der Waals surface area (Å²) in [6, 6.07) is 13.3. The summed E-state index contributed by atoms with van der Waals surface area (Å²) >= 11 is 0. The van der Waals surface area contributed by atoms with E-state index >= 15 is 0 Å². The quantitative estimate of drug-likeness (QED) is 0.394. The molecule has 0 aromatic heterocycles.